The van der Waals surface area contributed by atoms with Crippen molar-refractivity contribution in [1.29, 1.82) is 0 Å². The summed E-state index contributed by atoms with van der Waals surface area (Å²) < 4.78 is 29.6. The van der Waals surface area contributed by atoms with Gasteiger partial charge in [0.05, 0.1) is 4.90 Å². The van der Waals surface area contributed by atoms with Gasteiger partial charge in [-0.2, -0.15) is 8.42 Å². The van der Waals surface area contributed by atoms with Crippen LogP contribution in [0.4, 0.5) is 4.79 Å². The minimum Gasteiger partial charge on any atom is -0.565 e. The molecule has 0 atom stereocenters. The maximum Gasteiger partial charge on any atom is 1.00 e. The molecule has 84 valence electrons. The van der Waals surface area contributed by atoms with Gasteiger partial charge < -0.3 is 15.0 Å². The van der Waals surface area contributed by atoms with Crippen molar-refractivity contribution in [2.45, 2.75) is 11.8 Å². The second-order valence-electron chi connectivity index (χ2n) is 2.55. The molecule has 0 amide bonds. The monoisotopic (exact) mass is 256 g/mol. The third kappa shape index (κ3) is 8.69. The van der Waals surface area contributed by atoms with E-state index in [1.807, 2.05) is 6.92 Å². The Balaban J connectivity index is 0. The largest absolute Gasteiger partial charge is 1.00 e. The minimum absolute atomic E-state index is 0. The number of benzene rings is 1. The molecule has 0 spiro atoms. The average Bonchev–Trinajstić information content (AvgIpc) is 2.01. The van der Waals surface area contributed by atoms with E-state index in [-0.39, 0.29) is 34.5 Å². The Morgan fingerprint density at radius 1 is 1.25 bits per heavy atom. The van der Waals surface area contributed by atoms with Gasteiger partial charge in [-0.05, 0) is 19.1 Å². The van der Waals surface area contributed by atoms with Crippen molar-refractivity contribution < 1.29 is 57.5 Å². The summed E-state index contributed by atoms with van der Waals surface area (Å²) in [5.41, 5.74) is 0.956. The second kappa shape index (κ2) is 7.64. The van der Waals surface area contributed by atoms with Gasteiger partial charge in [-0.3, -0.25) is 4.55 Å². The SMILES string of the molecule is Cc1ccc(S(=O)(=O)O)cc1.O=C([O-])O.[Na+]. The van der Waals surface area contributed by atoms with Gasteiger partial charge in [-0.1, -0.05) is 17.7 Å². The maximum atomic E-state index is 10.5. The Morgan fingerprint density at radius 2 is 1.56 bits per heavy atom. The van der Waals surface area contributed by atoms with Crippen LogP contribution < -0.4 is 34.7 Å². The van der Waals surface area contributed by atoms with Crippen molar-refractivity contribution in [2.24, 2.45) is 0 Å². The molecule has 0 heterocycles. The van der Waals surface area contributed by atoms with Crippen LogP contribution in [0.1, 0.15) is 5.56 Å². The van der Waals surface area contributed by atoms with Crippen LogP contribution in [0, 0.1) is 6.92 Å². The summed E-state index contributed by atoms with van der Waals surface area (Å²) in [6, 6.07) is 5.99. The number of rotatable bonds is 1. The van der Waals surface area contributed by atoms with Crippen molar-refractivity contribution in [2.75, 3.05) is 0 Å². The van der Waals surface area contributed by atoms with E-state index in [9.17, 15) is 8.42 Å². The van der Waals surface area contributed by atoms with E-state index in [1.54, 1.807) is 12.1 Å². The zero-order valence-electron chi connectivity index (χ0n) is 8.75. The predicted molar refractivity (Wildman–Crippen MR) is 49.0 cm³/mol. The molecule has 0 fully saturated rings. The van der Waals surface area contributed by atoms with Crippen LogP contribution in [0.25, 0.3) is 0 Å². The van der Waals surface area contributed by atoms with Gasteiger partial charge in [0.15, 0.2) is 0 Å². The fraction of sp³-hybridized carbons (Fsp3) is 0.125. The number of carbonyl (C=O) groups is 1. The normalized spacial score (nSPS) is 9.38. The Hall–Kier alpha value is -0.600. The van der Waals surface area contributed by atoms with E-state index in [4.69, 9.17) is 19.6 Å². The molecule has 0 bridgehead atoms. The molecule has 0 saturated carbocycles. The van der Waals surface area contributed by atoms with Gasteiger partial charge in [-0.25, -0.2) is 0 Å². The quantitative estimate of drug-likeness (QED) is 0.412. The second-order valence-corrected chi connectivity index (χ2v) is 3.98. The van der Waals surface area contributed by atoms with Crippen LogP contribution in [-0.4, -0.2) is 24.2 Å². The van der Waals surface area contributed by atoms with Crippen molar-refractivity contribution in [3.8, 4) is 0 Å². The Kier molecular flexibility index (Phi) is 8.49. The molecule has 0 aliphatic rings. The van der Waals surface area contributed by atoms with Crippen LogP contribution in [0.5, 0.6) is 0 Å². The molecule has 0 saturated heterocycles. The van der Waals surface area contributed by atoms with E-state index in [0.29, 0.717) is 0 Å². The van der Waals surface area contributed by atoms with Crippen LogP contribution in [0.2, 0.25) is 0 Å². The fourth-order valence-corrected chi connectivity index (χ4v) is 1.19. The summed E-state index contributed by atoms with van der Waals surface area (Å²) in [6.45, 7) is 1.84. The van der Waals surface area contributed by atoms with Crippen molar-refractivity contribution in [3.63, 3.8) is 0 Å². The van der Waals surface area contributed by atoms with Gasteiger partial charge >= 0.3 is 29.6 Å². The topological polar surface area (TPSA) is 115 Å². The van der Waals surface area contributed by atoms with E-state index in [1.165, 1.54) is 12.1 Å². The first-order chi connectivity index (χ1) is 6.73. The summed E-state index contributed by atoms with van der Waals surface area (Å²) in [5, 5.41) is 15.3. The molecule has 1 aromatic carbocycles. The van der Waals surface area contributed by atoms with Crippen molar-refractivity contribution in [1.82, 2.24) is 0 Å². The molecule has 0 aliphatic heterocycles. The summed E-state index contributed by atoms with van der Waals surface area (Å²) in [4.78, 5) is 8.38. The Labute approximate surface area is 115 Å². The molecule has 0 unspecified atom stereocenters. The van der Waals surface area contributed by atoms with Crippen LogP contribution in [0.15, 0.2) is 29.2 Å². The van der Waals surface area contributed by atoms with Gasteiger partial charge in [0.1, 0.15) is 0 Å². The third-order valence-electron chi connectivity index (χ3n) is 1.32. The first-order valence-corrected chi connectivity index (χ1v) is 5.11. The average molecular weight is 256 g/mol. The zero-order valence-corrected chi connectivity index (χ0v) is 11.6. The van der Waals surface area contributed by atoms with Crippen LogP contribution in [-0.2, 0) is 10.1 Å². The van der Waals surface area contributed by atoms with E-state index in [2.05, 4.69) is 0 Å². The molecule has 0 radical (unpaired) electrons. The molecular formula is C8H9NaO6S. The number of hydrogen-bond donors (Lipinski definition) is 2. The fourth-order valence-electron chi connectivity index (χ4n) is 0.710. The van der Waals surface area contributed by atoms with Crippen LogP contribution in [0.3, 0.4) is 0 Å². The molecule has 8 heteroatoms. The Bertz CT molecular complexity index is 420. The third-order valence-corrected chi connectivity index (χ3v) is 2.19. The number of aryl methyl sites for hydroxylation is 1. The van der Waals surface area contributed by atoms with E-state index >= 15 is 0 Å². The smallest absolute Gasteiger partial charge is 0.565 e. The van der Waals surface area contributed by atoms with E-state index < -0.39 is 16.3 Å². The van der Waals surface area contributed by atoms with Crippen molar-refractivity contribution in [3.05, 3.63) is 29.8 Å². The molecule has 6 nitrogen and oxygen atoms in total. The van der Waals surface area contributed by atoms with E-state index in [0.717, 1.165) is 5.56 Å². The van der Waals surface area contributed by atoms with Gasteiger partial charge in [0, 0.05) is 0 Å². The van der Waals surface area contributed by atoms with Gasteiger partial charge in [0.2, 0.25) is 6.16 Å². The summed E-state index contributed by atoms with van der Waals surface area (Å²) in [6.07, 6.45) is -2.08. The summed E-state index contributed by atoms with van der Waals surface area (Å²) in [7, 11) is -4.02. The number of hydrogen-bond acceptors (Lipinski definition) is 4. The molecule has 2 N–H and O–H groups in total. The molecule has 0 aromatic heterocycles. The molecule has 1 aromatic rings. The molecule has 0 aliphatic carbocycles. The molecule has 1 rings (SSSR count). The minimum atomic E-state index is -4.02. The molecule has 16 heavy (non-hydrogen) atoms. The van der Waals surface area contributed by atoms with Crippen LogP contribution >= 0.6 is 0 Å². The predicted octanol–water partition coefficient (Wildman–Crippen LogP) is -2.87. The Morgan fingerprint density at radius 3 is 1.81 bits per heavy atom. The first kappa shape index (κ1) is 17.8. The summed E-state index contributed by atoms with van der Waals surface area (Å²) in [5.74, 6) is 0. The zero-order chi connectivity index (χ0) is 12.1. The molecular weight excluding hydrogens is 247 g/mol. The standard InChI is InChI=1S/C7H8O3S.CH2O3.Na/c1-6-2-4-7(5-3-6)11(8,9)10;2-1(3)4;/h2-5H,1H3,(H,8,9,10);(H2,2,3,4);/q;;+1/p-1. The number of carboxylic acid groups (broad SMARTS) is 2. The maximum absolute atomic E-state index is 10.5. The summed E-state index contributed by atoms with van der Waals surface area (Å²) >= 11 is 0. The first-order valence-electron chi connectivity index (χ1n) is 3.67. The van der Waals surface area contributed by atoms with Gasteiger partial charge in [-0.15, -0.1) is 0 Å². The van der Waals surface area contributed by atoms with Gasteiger partial charge in [0.25, 0.3) is 10.1 Å². The van der Waals surface area contributed by atoms with Crippen molar-refractivity contribution >= 4 is 16.3 Å².